The molecule has 2 N–H and O–H groups in total. The number of halogens is 1. The Morgan fingerprint density at radius 2 is 1.64 bits per heavy atom. The predicted molar refractivity (Wildman–Crippen MR) is 138 cm³/mol. The fraction of sp³-hybridized carbons (Fsp3) is 0.231. The first kappa shape index (κ1) is 27.2. The number of carboxylic acids is 1. The third kappa shape index (κ3) is 8.08. The molecule has 0 unspecified atom stereocenters. The quantitative estimate of drug-likeness (QED) is 0.385. The lowest BCUT2D eigenvalue weighted by molar-refractivity contribution is -0.136. The molecular weight excluding hydrogens is 504 g/mol. The van der Waals surface area contributed by atoms with Crippen molar-refractivity contribution in [2.45, 2.75) is 19.4 Å². The first-order chi connectivity index (χ1) is 17.0. The second-order valence-electron chi connectivity index (χ2n) is 8.29. The van der Waals surface area contributed by atoms with Gasteiger partial charge in [-0.3, -0.25) is 9.59 Å². The second kappa shape index (κ2) is 12.0. The zero-order chi connectivity index (χ0) is 26.3. The normalized spacial score (nSPS) is 11.3. The van der Waals surface area contributed by atoms with Gasteiger partial charge in [0, 0.05) is 36.3 Å². The SMILES string of the molecule is CN(Cc1cc(CC(=O)O)ccc1Oc1ccc(C(=O)NCCc2ccc(Cl)cc2)cc1)S(C)(=O)=O. The van der Waals surface area contributed by atoms with E-state index in [2.05, 4.69) is 5.32 Å². The molecule has 3 rings (SSSR count). The number of hydrogen-bond acceptors (Lipinski definition) is 5. The number of benzene rings is 3. The summed E-state index contributed by atoms with van der Waals surface area (Å²) in [6.45, 7) is 0.481. The van der Waals surface area contributed by atoms with Gasteiger partial charge in [0.1, 0.15) is 11.5 Å². The zero-order valence-corrected chi connectivity index (χ0v) is 21.5. The molecule has 36 heavy (non-hydrogen) atoms. The van der Waals surface area contributed by atoms with E-state index in [1.54, 1.807) is 42.5 Å². The summed E-state index contributed by atoms with van der Waals surface area (Å²) >= 11 is 5.89. The minimum absolute atomic E-state index is 0.00966. The van der Waals surface area contributed by atoms with Crippen LogP contribution in [-0.2, 0) is 34.2 Å². The number of hydrogen-bond donors (Lipinski definition) is 2. The Morgan fingerprint density at radius 1 is 1.00 bits per heavy atom. The number of nitrogens with zero attached hydrogens (tertiary/aromatic N) is 1. The van der Waals surface area contributed by atoms with Gasteiger partial charge in [-0.15, -0.1) is 0 Å². The Kier molecular flexibility index (Phi) is 9.08. The standard InChI is InChI=1S/C26H27ClN2O6S/c1-29(36(2,33)34)17-21-15-19(16-25(30)31)5-12-24(21)35-23-10-6-20(7-11-23)26(32)28-14-13-18-3-8-22(27)9-4-18/h3-12,15H,13-14,16-17H2,1-2H3,(H,28,32)(H,30,31). The molecular formula is C26H27ClN2O6S. The number of carbonyl (C=O) groups excluding carboxylic acids is 1. The minimum Gasteiger partial charge on any atom is -0.481 e. The van der Waals surface area contributed by atoms with Gasteiger partial charge in [-0.05, 0) is 60.0 Å². The summed E-state index contributed by atoms with van der Waals surface area (Å²) in [5.41, 5.74) is 2.57. The van der Waals surface area contributed by atoms with Crippen molar-refractivity contribution in [2.24, 2.45) is 0 Å². The van der Waals surface area contributed by atoms with Gasteiger partial charge in [0.2, 0.25) is 10.0 Å². The number of rotatable bonds is 11. The van der Waals surface area contributed by atoms with E-state index in [1.165, 1.54) is 7.05 Å². The number of nitrogens with one attached hydrogen (secondary N) is 1. The summed E-state index contributed by atoms with van der Waals surface area (Å²) in [5.74, 6) is -0.376. The van der Waals surface area contributed by atoms with Crippen molar-refractivity contribution in [2.75, 3.05) is 19.8 Å². The van der Waals surface area contributed by atoms with Gasteiger partial charge in [-0.1, -0.05) is 35.9 Å². The highest BCUT2D eigenvalue weighted by Gasteiger charge is 2.16. The average Bonchev–Trinajstić information content (AvgIpc) is 2.81. The van der Waals surface area contributed by atoms with E-state index >= 15 is 0 Å². The van der Waals surface area contributed by atoms with Crippen LogP contribution in [0.4, 0.5) is 0 Å². The van der Waals surface area contributed by atoms with Gasteiger partial charge < -0.3 is 15.2 Å². The first-order valence-electron chi connectivity index (χ1n) is 11.1. The van der Waals surface area contributed by atoms with Crippen molar-refractivity contribution in [3.05, 3.63) is 94.0 Å². The Hall–Kier alpha value is -3.40. The van der Waals surface area contributed by atoms with E-state index in [0.717, 1.165) is 16.1 Å². The lowest BCUT2D eigenvalue weighted by Gasteiger charge is -2.18. The molecule has 8 nitrogen and oxygen atoms in total. The average molecular weight is 531 g/mol. The van der Waals surface area contributed by atoms with Crippen LogP contribution in [-0.4, -0.2) is 49.6 Å². The molecule has 0 saturated carbocycles. The number of sulfonamides is 1. The summed E-state index contributed by atoms with van der Waals surface area (Å²) in [6.07, 6.45) is 1.57. The maximum absolute atomic E-state index is 12.5. The third-order valence-electron chi connectivity index (χ3n) is 5.40. The van der Waals surface area contributed by atoms with Gasteiger partial charge in [0.15, 0.2) is 0 Å². The first-order valence-corrected chi connectivity index (χ1v) is 13.3. The third-order valence-corrected chi connectivity index (χ3v) is 6.91. The smallest absolute Gasteiger partial charge is 0.307 e. The molecule has 0 saturated heterocycles. The van der Waals surface area contributed by atoms with Gasteiger partial charge in [0.25, 0.3) is 5.91 Å². The summed E-state index contributed by atoms with van der Waals surface area (Å²) in [4.78, 5) is 23.6. The predicted octanol–water partition coefficient (Wildman–Crippen LogP) is 4.12. The van der Waals surface area contributed by atoms with Crippen molar-refractivity contribution in [3.8, 4) is 11.5 Å². The molecule has 0 spiro atoms. The van der Waals surface area contributed by atoms with Crippen LogP contribution in [0.15, 0.2) is 66.7 Å². The molecule has 0 aliphatic carbocycles. The fourth-order valence-corrected chi connectivity index (χ4v) is 3.87. The summed E-state index contributed by atoms with van der Waals surface area (Å²) in [5, 5.41) is 12.6. The second-order valence-corrected chi connectivity index (χ2v) is 10.8. The molecule has 0 aromatic heterocycles. The van der Waals surface area contributed by atoms with E-state index in [9.17, 15) is 18.0 Å². The highest BCUT2D eigenvalue weighted by atomic mass is 35.5. The molecule has 0 fully saturated rings. The number of ether oxygens (including phenoxy) is 1. The van der Waals surface area contributed by atoms with E-state index in [-0.39, 0.29) is 18.9 Å². The molecule has 190 valence electrons. The highest BCUT2D eigenvalue weighted by Crippen LogP contribution is 2.28. The fourth-order valence-electron chi connectivity index (χ4n) is 3.37. The Labute approximate surface area is 215 Å². The Morgan fingerprint density at radius 3 is 2.25 bits per heavy atom. The van der Waals surface area contributed by atoms with Crippen LogP contribution in [0.1, 0.15) is 27.0 Å². The Bertz CT molecular complexity index is 1330. The van der Waals surface area contributed by atoms with Crippen molar-refractivity contribution in [1.29, 1.82) is 0 Å². The maximum Gasteiger partial charge on any atom is 0.307 e. The zero-order valence-electron chi connectivity index (χ0n) is 19.9. The molecule has 3 aromatic rings. The molecule has 10 heteroatoms. The van der Waals surface area contributed by atoms with E-state index in [4.69, 9.17) is 21.4 Å². The topological polar surface area (TPSA) is 113 Å². The highest BCUT2D eigenvalue weighted by molar-refractivity contribution is 7.88. The lowest BCUT2D eigenvalue weighted by atomic mass is 10.1. The molecule has 0 bridgehead atoms. The summed E-state index contributed by atoms with van der Waals surface area (Å²) in [6, 6.07) is 18.8. The van der Waals surface area contributed by atoms with Crippen molar-refractivity contribution in [1.82, 2.24) is 9.62 Å². The number of aliphatic carboxylic acids is 1. The van der Waals surface area contributed by atoms with Crippen LogP contribution < -0.4 is 10.1 Å². The number of carbonyl (C=O) groups is 2. The Balaban J connectivity index is 1.67. The number of amides is 1. The van der Waals surface area contributed by atoms with E-state index in [0.29, 0.717) is 46.2 Å². The molecule has 0 aliphatic heterocycles. The van der Waals surface area contributed by atoms with Gasteiger partial charge >= 0.3 is 5.97 Å². The van der Waals surface area contributed by atoms with Gasteiger partial charge in [0.05, 0.1) is 12.7 Å². The molecule has 0 radical (unpaired) electrons. The molecule has 0 aliphatic rings. The van der Waals surface area contributed by atoms with Gasteiger partial charge in [-0.2, -0.15) is 0 Å². The molecule has 0 heterocycles. The largest absolute Gasteiger partial charge is 0.481 e. The minimum atomic E-state index is -3.46. The summed E-state index contributed by atoms with van der Waals surface area (Å²) < 4.78 is 30.9. The number of carboxylic acid groups (broad SMARTS) is 1. The van der Waals surface area contributed by atoms with Crippen LogP contribution >= 0.6 is 11.6 Å². The monoisotopic (exact) mass is 530 g/mol. The summed E-state index contributed by atoms with van der Waals surface area (Å²) in [7, 11) is -2.02. The van der Waals surface area contributed by atoms with Crippen LogP contribution in [0.25, 0.3) is 0 Å². The van der Waals surface area contributed by atoms with Gasteiger partial charge in [-0.25, -0.2) is 12.7 Å². The van der Waals surface area contributed by atoms with Crippen LogP contribution in [0.2, 0.25) is 5.02 Å². The van der Waals surface area contributed by atoms with Crippen molar-refractivity contribution in [3.63, 3.8) is 0 Å². The van der Waals surface area contributed by atoms with Crippen LogP contribution in [0.3, 0.4) is 0 Å². The molecule has 3 aromatic carbocycles. The van der Waals surface area contributed by atoms with E-state index in [1.807, 2.05) is 24.3 Å². The van der Waals surface area contributed by atoms with Crippen LogP contribution in [0.5, 0.6) is 11.5 Å². The van der Waals surface area contributed by atoms with Crippen molar-refractivity contribution < 1.29 is 27.9 Å². The maximum atomic E-state index is 12.5. The lowest BCUT2D eigenvalue weighted by Crippen LogP contribution is -2.25. The molecule has 1 amide bonds. The molecule has 0 atom stereocenters. The van der Waals surface area contributed by atoms with Crippen molar-refractivity contribution >= 4 is 33.5 Å². The van der Waals surface area contributed by atoms with E-state index < -0.39 is 16.0 Å². The van der Waals surface area contributed by atoms with Crippen LogP contribution in [0, 0.1) is 0 Å².